The van der Waals surface area contributed by atoms with Gasteiger partial charge in [0.1, 0.15) is 13.2 Å². The largest absolute Gasteiger partial charge is 0.462 e. The highest BCUT2D eigenvalue weighted by Crippen LogP contribution is 2.18. The van der Waals surface area contributed by atoms with E-state index >= 15 is 0 Å². The number of hydrogen-bond donors (Lipinski definition) is 0. The van der Waals surface area contributed by atoms with Gasteiger partial charge in [-0.15, -0.1) is 0 Å². The van der Waals surface area contributed by atoms with Crippen LogP contribution in [0.2, 0.25) is 0 Å². The summed E-state index contributed by atoms with van der Waals surface area (Å²) < 4.78 is 17.0. The second kappa shape index (κ2) is 70.1. The Hall–Kier alpha value is -3.41. The minimum Gasteiger partial charge on any atom is -0.462 e. The molecular weight excluding hydrogens is 1010 g/mol. The Morgan fingerprint density at radius 2 is 0.488 bits per heavy atom. The summed E-state index contributed by atoms with van der Waals surface area (Å²) in [6.45, 7) is 6.52. The molecule has 0 N–H and O–H groups in total. The van der Waals surface area contributed by atoms with Crippen LogP contribution in [0.25, 0.3) is 0 Å². The molecule has 0 rings (SSSR count). The molecule has 0 saturated carbocycles. The van der Waals surface area contributed by atoms with E-state index in [1.807, 2.05) is 0 Å². The summed E-state index contributed by atoms with van der Waals surface area (Å²) in [5.41, 5.74) is 0. The molecule has 0 aliphatic carbocycles. The molecule has 0 spiro atoms. The number of carbonyl (C=O) groups is 3. The van der Waals surface area contributed by atoms with Crippen molar-refractivity contribution in [2.45, 2.75) is 367 Å². The molecule has 474 valence electrons. The monoisotopic (exact) mass is 1140 g/mol. The lowest BCUT2D eigenvalue weighted by Gasteiger charge is -2.18. The topological polar surface area (TPSA) is 78.9 Å². The van der Waals surface area contributed by atoms with Gasteiger partial charge in [0, 0.05) is 19.3 Å². The van der Waals surface area contributed by atoms with Gasteiger partial charge in [-0.25, -0.2) is 0 Å². The zero-order valence-electron chi connectivity index (χ0n) is 54.5. The highest BCUT2D eigenvalue weighted by atomic mass is 16.6. The molecule has 0 amide bonds. The van der Waals surface area contributed by atoms with E-state index in [0.29, 0.717) is 19.3 Å². The maximum Gasteiger partial charge on any atom is 0.306 e. The molecule has 0 aromatic heterocycles. The predicted octanol–water partition coefficient (Wildman–Crippen LogP) is 24.6. The van der Waals surface area contributed by atoms with Crippen molar-refractivity contribution in [2.24, 2.45) is 0 Å². The number of carbonyl (C=O) groups excluding carboxylic acids is 3. The predicted molar refractivity (Wildman–Crippen MR) is 358 cm³/mol. The van der Waals surface area contributed by atoms with Crippen molar-refractivity contribution in [2.75, 3.05) is 13.2 Å². The molecule has 1 atom stereocenters. The standard InChI is InChI=1S/C76H134O6/c1-4-7-10-13-16-19-22-25-28-30-32-34-36-37-38-39-41-42-44-46-48-51-54-57-60-63-66-69-75(78)81-72-73(71-80-74(77)68-65-62-59-56-53-50-27-24-21-18-15-12-9-6-3)82-76(79)70-67-64-61-58-55-52-49-47-45-43-40-35-33-31-29-26-23-20-17-14-11-8-5-2/h8,11,15,17-18,20,24,26-27,29,33,35,43,45,73H,4-7,9-10,12-14,16,19,21-23,25,28,30-32,34,36-42,44,46-72H2,1-3H3/b11-8-,18-15-,20-17-,27-24-,29-26-,35-33-,45-43-. The van der Waals surface area contributed by atoms with Crippen LogP contribution in [0.1, 0.15) is 361 Å². The van der Waals surface area contributed by atoms with Gasteiger partial charge in [-0.3, -0.25) is 14.4 Å². The average molecular weight is 1140 g/mol. The van der Waals surface area contributed by atoms with Crippen LogP contribution in [-0.2, 0) is 28.6 Å². The molecule has 1 unspecified atom stereocenters. The van der Waals surface area contributed by atoms with Crippen molar-refractivity contribution in [3.05, 3.63) is 85.1 Å². The van der Waals surface area contributed by atoms with Gasteiger partial charge in [-0.2, -0.15) is 0 Å². The Morgan fingerprint density at radius 1 is 0.256 bits per heavy atom. The first kappa shape index (κ1) is 78.6. The Labute approximate surface area is 509 Å². The van der Waals surface area contributed by atoms with Crippen molar-refractivity contribution in [1.82, 2.24) is 0 Å². The van der Waals surface area contributed by atoms with Crippen LogP contribution in [0, 0.1) is 0 Å². The van der Waals surface area contributed by atoms with Gasteiger partial charge in [-0.05, 0) is 89.9 Å². The molecule has 0 aromatic carbocycles. The highest BCUT2D eigenvalue weighted by Gasteiger charge is 2.19. The van der Waals surface area contributed by atoms with Crippen LogP contribution in [0.5, 0.6) is 0 Å². The molecule has 0 fully saturated rings. The second-order valence-electron chi connectivity index (χ2n) is 23.8. The molecular formula is C76H134O6. The quantitative estimate of drug-likeness (QED) is 0.0261. The number of hydrogen-bond acceptors (Lipinski definition) is 6. The van der Waals surface area contributed by atoms with E-state index in [4.69, 9.17) is 14.2 Å². The van der Waals surface area contributed by atoms with Crippen LogP contribution >= 0.6 is 0 Å². The first-order valence-electron chi connectivity index (χ1n) is 35.6. The van der Waals surface area contributed by atoms with Crippen molar-refractivity contribution in [3.8, 4) is 0 Å². The summed E-state index contributed by atoms with van der Waals surface area (Å²) in [5.74, 6) is -0.890. The van der Waals surface area contributed by atoms with Crippen LogP contribution in [0.3, 0.4) is 0 Å². The summed E-state index contributed by atoms with van der Waals surface area (Å²) in [7, 11) is 0. The minimum atomic E-state index is -0.790. The summed E-state index contributed by atoms with van der Waals surface area (Å²) >= 11 is 0. The molecule has 0 aliphatic rings. The SMILES string of the molecule is CC/C=C\C/C=C\C/C=C\C/C=C\C/C=C\CCCCCCCCCC(=O)OC(COC(=O)CCCCCCC/C=C\C/C=C\CCCC)COC(=O)CCCCCCCCCCCCCCCCCCCCCCCCCCCCC. The highest BCUT2D eigenvalue weighted by molar-refractivity contribution is 5.71. The third kappa shape index (κ3) is 67.4. The average Bonchev–Trinajstić information content (AvgIpc) is 3.47. The number of unbranched alkanes of at least 4 members (excludes halogenated alkanes) is 40. The van der Waals surface area contributed by atoms with E-state index in [2.05, 4.69) is 106 Å². The molecule has 0 aliphatic heterocycles. The number of rotatable bonds is 65. The lowest BCUT2D eigenvalue weighted by atomic mass is 10.0. The van der Waals surface area contributed by atoms with Crippen LogP contribution in [0.4, 0.5) is 0 Å². The number of allylic oxidation sites excluding steroid dienone is 14. The van der Waals surface area contributed by atoms with Crippen molar-refractivity contribution in [3.63, 3.8) is 0 Å². The Kier molecular flexibility index (Phi) is 67.2. The zero-order chi connectivity index (χ0) is 59.2. The Morgan fingerprint density at radius 3 is 0.780 bits per heavy atom. The molecule has 0 radical (unpaired) electrons. The maximum absolute atomic E-state index is 13.0. The summed E-state index contributed by atoms with van der Waals surface area (Å²) in [5, 5.41) is 0. The maximum atomic E-state index is 13.0. The molecule has 6 heteroatoms. The molecule has 0 saturated heterocycles. The second-order valence-corrected chi connectivity index (χ2v) is 23.8. The Bertz CT molecular complexity index is 1550. The normalized spacial score (nSPS) is 12.6. The smallest absolute Gasteiger partial charge is 0.306 e. The fourth-order valence-corrected chi connectivity index (χ4v) is 10.3. The molecule has 82 heavy (non-hydrogen) atoms. The summed E-state index contributed by atoms with van der Waals surface area (Å²) in [6, 6.07) is 0. The van der Waals surface area contributed by atoms with E-state index < -0.39 is 6.10 Å². The van der Waals surface area contributed by atoms with Gasteiger partial charge in [-0.1, -0.05) is 337 Å². The lowest BCUT2D eigenvalue weighted by Crippen LogP contribution is -2.30. The van der Waals surface area contributed by atoms with Crippen LogP contribution in [0.15, 0.2) is 85.1 Å². The van der Waals surface area contributed by atoms with Gasteiger partial charge < -0.3 is 14.2 Å². The fraction of sp³-hybridized carbons (Fsp3) is 0.776. The van der Waals surface area contributed by atoms with Crippen molar-refractivity contribution < 1.29 is 28.6 Å². The summed E-state index contributed by atoms with van der Waals surface area (Å²) in [4.78, 5) is 38.4. The minimum absolute atomic E-state index is 0.0828. The van der Waals surface area contributed by atoms with E-state index in [0.717, 1.165) is 116 Å². The van der Waals surface area contributed by atoms with E-state index in [1.165, 1.54) is 205 Å². The third-order valence-electron chi connectivity index (χ3n) is 15.6. The molecule has 0 aromatic rings. The Balaban J connectivity index is 4.29. The molecule has 0 bridgehead atoms. The summed E-state index contributed by atoms with van der Waals surface area (Å²) in [6.07, 6.45) is 93.3. The third-order valence-corrected chi connectivity index (χ3v) is 15.6. The zero-order valence-corrected chi connectivity index (χ0v) is 54.5. The fourth-order valence-electron chi connectivity index (χ4n) is 10.3. The van der Waals surface area contributed by atoms with E-state index in [9.17, 15) is 14.4 Å². The first-order valence-corrected chi connectivity index (χ1v) is 35.6. The van der Waals surface area contributed by atoms with Gasteiger partial charge in [0.05, 0.1) is 0 Å². The van der Waals surface area contributed by atoms with Gasteiger partial charge >= 0.3 is 17.9 Å². The lowest BCUT2D eigenvalue weighted by molar-refractivity contribution is -0.167. The molecule has 6 nitrogen and oxygen atoms in total. The van der Waals surface area contributed by atoms with E-state index in [-0.39, 0.29) is 31.1 Å². The van der Waals surface area contributed by atoms with Crippen LogP contribution < -0.4 is 0 Å². The van der Waals surface area contributed by atoms with Gasteiger partial charge in [0.15, 0.2) is 6.10 Å². The number of esters is 3. The van der Waals surface area contributed by atoms with Crippen molar-refractivity contribution >= 4 is 17.9 Å². The van der Waals surface area contributed by atoms with Gasteiger partial charge in [0.2, 0.25) is 0 Å². The van der Waals surface area contributed by atoms with Crippen molar-refractivity contribution in [1.29, 1.82) is 0 Å². The van der Waals surface area contributed by atoms with Gasteiger partial charge in [0.25, 0.3) is 0 Å². The first-order chi connectivity index (χ1) is 40.5. The van der Waals surface area contributed by atoms with Crippen LogP contribution in [-0.4, -0.2) is 37.2 Å². The molecule has 0 heterocycles. The number of ether oxygens (including phenoxy) is 3. The van der Waals surface area contributed by atoms with E-state index in [1.54, 1.807) is 0 Å².